The van der Waals surface area contributed by atoms with Crippen molar-refractivity contribution in [3.8, 4) is 5.75 Å². The number of hydrogen-bond donors (Lipinski definition) is 1. The molecule has 1 atom stereocenters. The van der Waals surface area contributed by atoms with Crippen LogP contribution in [0.2, 0.25) is 0 Å². The number of hydrogen-bond acceptors (Lipinski definition) is 2. The van der Waals surface area contributed by atoms with E-state index >= 15 is 0 Å². The fraction of sp³-hybridized carbons (Fsp3) is 0.538. The Balaban J connectivity index is 2.37. The molecule has 0 saturated carbocycles. The number of nitrogens with two attached hydrogens (primary N) is 1. The van der Waals surface area contributed by atoms with Gasteiger partial charge in [-0.3, -0.25) is 0 Å². The predicted octanol–water partition coefficient (Wildman–Crippen LogP) is 2.96. The maximum atomic E-state index is 5.68. The molecule has 2 N–H and O–H groups in total. The number of ether oxygens (including phenoxy) is 1. The number of rotatable bonds is 6. The molecule has 1 rings (SSSR count). The molecule has 0 bridgehead atoms. The Kier molecular flexibility index (Phi) is 5.19. The molecule has 0 radical (unpaired) electrons. The van der Waals surface area contributed by atoms with Gasteiger partial charge in [0.1, 0.15) is 5.75 Å². The van der Waals surface area contributed by atoms with Gasteiger partial charge in [-0.25, -0.2) is 0 Å². The lowest BCUT2D eigenvalue weighted by Crippen LogP contribution is -2.08. The Bertz CT molecular complexity index is 268. The molecule has 0 heterocycles. The van der Waals surface area contributed by atoms with Crippen molar-refractivity contribution in [2.45, 2.75) is 33.2 Å². The van der Waals surface area contributed by atoms with Gasteiger partial charge in [0.25, 0.3) is 0 Å². The van der Waals surface area contributed by atoms with Crippen LogP contribution in [-0.4, -0.2) is 6.61 Å². The minimum absolute atomic E-state index is 0.590. The summed E-state index contributed by atoms with van der Waals surface area (Å²) in [6, 6.07) is 8.00. The normalized spacial score (nSPS) is 12.5. The van der Waals surface area contributed by atoms with E-state index < -0.39 is 0 Å². The molecule has 1 aromatic rings. The van der Waals surface area contributed by atoms with Crippen LogP contribution in [0.5, 0.6) is 5.75 Å². The molecule has 2 nitrogen and oxygen atoms in total. The van der Waals surface area contributed by atoms with Gasteiger partial charge in [-0.15, -0.1) is 0 Å². The SMILES string of the molecule is CCCC(C)COc1ccc(CN)cc1. The third-order valence-electron chi connectivity index (χ3n) is 2.48. The van der Waals surface area contributed by atoms with Crippen LogP contribution in [-0.2, 0) is 6.54 Å². The summed E-state index contributed by atoms with van der Waals surface area (Å²) < 4.78 is 5.68. The van der Waals surface area contributed by atoms with Crippen molar-refractivity contribution in [1.82, 2.24) is 0 Å². The highest BCUT2D eigenvalue weighted by atomic mass is 16.5. The molecule has 0 aromatic heterocycles. The first-order valence-corrected chi connectivity index (χ1v) is 5.68. The van der Waals surface area contributed by atoms with Gasteiger partial charge in [0.15, 0.2) is 0 Å². The van der Waals surface area contributed by atoms with Crippen molar-refractivity contribution in [2.75, 3.05) is 6.61 Å². The van der Waals surface area contributed by atoms with Crippen LogP contribution >= 0.6 is 0 Å². The Hall–Kier alpha value is -1.02. The van der Waals surface area contributed by atoms with E-state index in [0.29, 0.717) is 12.5 Å². The molecule has 0 aliphatic heterocycles. The molecule has 0 fully saturated rings. The lowest BCUT2D eigenvalue weighted by Gasteiger charge is -2.12. The first-order chi connectivity index (χ1) is 7.26. The summed E-state index contributed by atoms with van der Waals surface area (Å²) in [5.41, 5.74) is 6.66. The van der Waals surface area contributed by atoms with E-state index in [1.165, 1.54) is 12.8 Å². The van der Waals surface area contributed by atoms with Crippen LogP contribution in [0.25, 0.3) is 0 Å². The summed E-state index contributed by atoms with van der Waals surface area (Å²) >= 11 is 0. The van der Waals surface area contributed by atoms with Crippen LogP contribution in [0, 0.1) is 5.92 Å². The Morgan fingerprint density at radius 2 is 1.93 bits per heavy atom. The fourth-order valence-corrected chi connectivity index (χ4v) is 1.54. The fourth-order valence-electron chi connectivity index (χ4n) is 1.54. The van der Waals surface area contributed by atoms with Crippen LogP contribution in [0.4, 0.5) is 0 Å². The highest BCUT2D eigenvalue weighted by molar-refractivity contribution is 5.27. The van der Waals surface area contributed by atoms with E-state index in [-0.39, 0.29) is 0 Å². The van der Waals surface area contributed by atoms with Crippen molar-refractivity contribution in [2.24, 2.45) is 11.7 Å². The smallest absolute Gasteiger partial charge is 0.119 e. The van der Waals surface area contributed by atoms with E-state index in [1.54, 1.807) is 0 Å². The Labute approximate surface area is 92.4 Å². The summed E-state index contributed by atoms with van der Waals surface area (Å²) in [6.07, 6.45) is 2.44. The van der Waals surface area contributed by atoms with E-state index in [9.17, 15) is 0 Å². The van der Waals surface area contributed by atoms with Gasteiger partial charge in [-0.05, 0) is 30.0 Å². The quantitative estimate of drug-likeness (QED) is 0.778. The summed E-state index contributed by atoms with van der Waals surface area (Å²) in [4.78, 5) is 0. The van der Waals surface area contributed by atoms with Gasteiger partial charge in [0.2, 0.25) is 0 Å². The number of benzene rings is 1. The van der Waals surface area contributed by atoms with Gasteiger partial charge in [-0.1, -0.05) is 32.4 Å². The zero-order valence-corrected chi connectivity index (χ0v) is 9.70. The van der Waals surface area contributed by atoms with Crippen LogP contribution in [0.15, 0.2) is 24.3 Å². The Morgan fingerprint density at radius 3 is 2.47 bits per heavy atom. The van der Waals surface area contributed by atoms with Gasteiger partial charge >= 0.3 is 0 Å². The monoisotopic (exact) mass is 207 g/mol. The second-order valence-electron chi connectivity index (χ2n) is 4.05. The molecule has 15 heavy (non-hydrogen) atoms. The van der Waals surface area contributed by atoms with Gasteiger partial charge in [0.05, 0.1) is 6.61 Å². The predicted molar refractivity (Wildman–Crippen MR) is 63.9 cm³/mol. The first-order valence-electron chi connectivity index (χ1n) is 5.68. The van der Waals surface area contributed by atoms with Gasteiger partial charge in [0, 0.05) is 6.54 Å². The highest BCUT2D eigenvalue weighted by Crippen LogP contribution is 2.14. The molecular formula is C13H21NO. The van der Waals surface area contributed by atoms with Crippen molar-refractivity contribution in [3.63, 3.8) is 0 Å². The van der Waals surface area contributed by atoms with Gasteiger partial charge < -0.3 is 10.5 Å². The van der Waals surface area contributed by atoms with E-state index in [2.05, 4.69) is 13.8 Å². The maximum absolute atomic E-state index is 5.68. The lowest BCUT2D eigenvalue weighted by molar-refractivity contribution is 0.251. The molecule has 2 heteroatoms. The molecule has 0 amide bonds. The van der Waals surface area contributed by atoms with E-state index in [0.717, 1.165) is 17.9 Å². The third-order valence-corrected chi connectivity index (χ3v) is 2.48. The first kappa shape index (κ1) is 12.1. The van der Waals surface area contributed by atoms with Crippen molar-refractivity contribution < 1.29 is 4.74 Å². The maximum Gasteiger partial charge on any atom is 0.119 e. The molecular weight excluding hydrogens is 186 g/mol. The van der Waals surface area contributed by atoms with Gasteiger partial charge in [-0.2, -0.15) is 0 Å². The molecule has 1 unspecified atom stereocenters. The molecule has 0 spiro atoms. The summed E-state index contributed by atoms with van der Waals surface area (Å²) in [5.74, 6) is 1.57. The molecule has 0 aliphatic rings. The molecule has 1 aromatic carbocycles. The third kappa shape index (κ3) is 4.34. The summed E-state index contributed by atoms with van der Waals surface area (Å²) in [5, 5.41) is 0. The second kappa shape index (κ2) is 6.46. The molecule has 0 aliphatic carbocycles. The zero-order valence-electron chi connectivity index (χ0n) is 9.70. The topological polar surface area (TPSA) is 35.2 Å². The standard InChI is InChI=1S/C13H21NO/c1-3-4-11(2)10-15-13-7-5-12(9-14)6-8-13/h5-8,11H,3-4,9-10,14H2,1-2H3. The molecule has 0 saturated heterocycles. The minimum Gasteiger partial charge on any atom is -0.493 e. The summed E-state index contributed by atoms with van der Waals surface area (Å²) in [6.45, 7) is 5.81. The minimum atomic E-state index is 0.590. The Morgan fingerprint density at radius 1 is 1.27 bits per heavy atom. The second-order valence-corrected chi connectivity index (χ2v) is 4.05. The average Bonchev–Trinajstić information content (AvgIpc) is 2.27. The lowest BCUT2D eigenvalue weighted by atomic mass is 10.1. The van der Waals surface area contributed by atoms with Crippen molar-refractivity contribution in [3.05, 3.63) is 29.8 Å². The summed E-state index contributed by atoms with van der Waals surface area (Å²) in [7, 11) is 0. The van der Waals surface area contributed by atoms with Crippen molar-refractivity contribution in [1.29, 1.82) is 0 Å². The van der Waals surface area contributed by atoms with Crippen LogP contribution in [0.3, 0.4) is 0 Å². The van der Waals surface area contributed by atoms with Crippen LogP contribution in [0.1, 0.15) is 32.3 Å². The van der Waals surface area contributed by atoms with Crippen LogP contribution < -0.4 is 10.5 Å². The average molecular weight is 207 g/mol. The largest absolute Gasteiger partial charge is 0.493 e. The highest BCUT2D eigenvalue weighted by Gasteiger charge is 2.01. The zero-order chi connectivity index (χ0) is 11.1. The molecule has 84 valence electrons. The van der Waals surface area contributed by atoms with E-state index in [4.69, 9.17) is 10.5 Å². The van der Waals surface area contributed by atoms with Crippen molar-refractivity contribution >= 4 is 0 Å². The van der Waals surface area contributed by atoms with E-state index in [1.807, 2.05) is 24.3 Å².